The van der Waals surface area contributed by atoms with Crippen molar-refractivity contribution in [2.75, 3.05) is 13.1 Å². The molecular weight excluding hydrogens is 458 g/mol. The van der Waals surface area contributed by atoms with Crippen LogP contribution in [0.3, 0.4) is 0 Å². The molecule has 0 aliphatic heterocycles. The Bertz CT molecular complexity index is 521. The van der Waals surface area contributed by atoms with Crippen LogP contribution in [0, 0.1) is 0 Å². The number of unbranched alkanes of at least 4 members (excludes halogenated alkanes) is 13. The minimum Gasteiger partial charge on any atom is -0.481 e. The van der Waals surface area contributed by atoms with Gasteiger partial charge in [0.2, 0.25) is 5.91 Å². The Balaban J connectivity index is 4.00. The standard InChI is InChI=1S/C28H57N3O5/c1-3-5-7-8-9-10-11-12-13-14-15-16-17-18-26(33)31-24(19-20-27(34)35)28(36)30-23-21-25(32)29-22-6-4-2/h24-26,29,31-33H,3-23H2,1-2H3,(H,30,36)(H,34,35). The van der Waals surface area contributed by atoms with E-state index in [1.807, 2.05) is 0 Å². The molecule has 0 aromatic heterocycles. The van der Waals surface area contributed by atoms with E-state index in [9.17, 15) is 19.8 Å². The topological polar surface area (TPSA) is 131 Å². The lowest BCUT2D eigenvalue weighted by molar-refractivity contribution is -0.137. The molecule has 0 aliphatic carbocycles. The van der Waals surface area contributed by atoms with Gasteiger partial charge in [0.05, 0.1) is 6.04 Å². The van der Waals surface area contributed by atoms with Crippen LogP contribution in [-0.4, -0.2) is 58.8 Å². The van der Waals surface area contributed by atoms with E-state index < -0.39 is 24.5 Å². The Morgan fingerprint density at radius 1 is 0.639 bits per heavy atom. The molecule has 0 aliphatic rings. The number of nitrogens with one attached hydrogen (secondary N) is 3. The van der Waals surface area contributed by atoms with Crippen molar-refractivity contribution in [3.8, 4) is 0 Å². The molecule has 3 unspecified atom stereocenters. The lowest BCUT2D eigenvalue weighted by Crippen LogP contribution is -2.49. The first kappa shape index (κ1) is 34.8. The molecule has 0 saturated carbocycles. The zero-order valence-electron chi connectivity index (χ0n) is 23.2. The van der Waals surface area contributed by atoms with Crippen molar-refractivity contribution in [1.29, 1.82) is 0 Å². The average molecular weight is 516 g/mol. The second-order valence-electron chi connectivity index (χ2n) is 10.1. The van der Waals surface area contributed by atoms with Crippen molar-refractivity contribution in [3.63, 3.8) is 0 Å². The molecule has 8 nitrogen and oxygen atoms in total. The summed E-state index contributed by atoms with van der Waals surface area (Å²) in [5.74, 6) is -1.32. The fourth-order valence-corrected chi connectivity index (χ4v) is 4.23. The van der Waals surface area contributed by atoms with Crippen molar-refractivity contribution in [2.24, 2.45) is 0 Å². The number of carboxylic acids is 1. The summed E-state index contributed by atoms with van der Waals surface area (Å²) >= 11 is 0. The largest absolute Gasteiger partial charge is 0.481 e. The van der Waals surface area contributed by atoms with E-state index in [1.165, 1.54) is 64.2 Å². The Morgan fingerprint density at radius 2 is 1.17 bits per heavy atom. The van der Waals surface area contributed by atoms with Gasteiger partial charge in [0.1, 0.15) is 12.5 Å². The van der Waals surface area contributed by atoms with Gasteiger partial charge in [-0.25, -0.2) is 0 Å². The second-order valence-corrected chi connectivity index (χ2v) is 10.1. The van der Waals surface area contributed by atoms with Crippen LogP contribution in [0.5, 0.6) is 0 Å². The van der Waals surface area contributed by atoms with Crippen LogP contribution in [0.15, 0.2) is 0 Å². The number of hydrogen-bond donors (Lipinski definition) is 6. The van der Waals surface area contributed by atoms with Gasteiger partial charge in [-0.2, -0.15) is 0 Å². The number of hydrogen-bond acceptors (Lipinski definition) is 6. The molecule has 6 N–H and O–H groups in total. The number of aliphatic carboxylic acids is 1. The number of amides is 1. The lowest BCUT2D eigenvalue weighted by atomic mass is 10.0. The number of carbonyl (C=O) groups is 2. The zero-order chi connectivity index (χ0) is 26.9. The molecule has 3 atom stereocenters. The van der Waals surface area contributed by atoms with Crippen LogP contribution < -0.4 is 16.0 Å². The summed E-state index contributed by atoms with van der Waals surface area (Å²) in [4.78, 5) is 23.5. The van der Waals surface area contributed by atoms with E-state index in [2.05, 4.69) is 29.8 Å². The van der Waals surface area contributed by atoms with Gasteiger partial charge in [-0.1, -0.05) is 97.3 Å². The highest BCUT2D eigenvalue weighted by Crippen LogP contribution is 2.13. The van der Waals surface area contributed by atoms with Crippen LogP contribution in [0.25, 0.3) is 0 Å². The van der Waals surface area contributed by atoms with E-state index in [0.717, 1.165) is 38.6 Å². The van der Waals surface area contributed by atoms with Gasteiger partial charge >= 0.3 is 5.97 Å². The normalized spacial score (nSPS) is 13.9. The molecule has 0 heterocycles. The molecule has 0 aromatic rings. The van der Waals surface area contributed by atoms with E-state index >= 15 is 0 Å². The maximum atomic E-state index is 12.5. The maximum Gasteiger partial charge on any atom is 0.303 e. The van der Waals surface area contributed by atoms with Gasteiger partial charge in [0.25, 0.3) is 0 Å². The summed E-state index contributed by atoms with van der Waals surface area (Å²) < 4.78 is 0. The lowest BCUT2D eigenvalue weighted by Gasteiger charge is -2.22. The fourth-order valence-electron chi connectivity index (χ4n) is 4.23. The summed E-state index contributed by atoms with van der Waals surface area (Å²) in [5.41, 5.74) is 0. The van der Waals surface area contributed by atoms with Gasteiger partial charge in [-0.05, 0) is 32.2 Å². The van der Waals surface area contributed by atoms with Gasteiger partial charge in [0.15, 0.2) is 0 Å². The van der Waals surface area contributed by atoms with Crippen molar-refractivity contribution < 1.29 is 24.9 Å². The van der Waals surface area contributed by atoms with Crippen molar-refractivity contribution in [1.82, 2.24) is 16.0 Å². The van der Waals surface area contributed by atoms with E-state index in [-0.39, 0.29) is 25.3 Å². The highest BCUT2D eigenvalue weighted by atomic mass is 16.4. The summed E-state index contributed by atoms with van der Waals surface area (Å²) in [6, 6.07) is -0.775. The Hall–Kier alpha value is -1.22. The predicted molar refractivity (Wildman–Crippen MR) is 147 cm³/mol. The highest BCUT2D eigenvalue weighted by Gasteiger charge is 2.22. The number of rotatable bonds is 27. The average Bonchev–Trinajstić information content (AvgIpc) is 2.84. The third-order valence-corrected chi connectivity index (χ3v) is 6.57. The molecule has 36 heavy (non-hydrogen) atoms. The first-order chi connectivity index (χ1) is 17.4. The van der Waals surface area contributed by atoms with Gasteiger partial charge in [-0.3, -0.25) is 20.2 Å². The molecule has 0 spiro atoms. The molecule has 0 bridgehead atoms. The van der Waals surface area contributed by atoms with Gasteiger partial charge in [-0.15, -0.1) is 0 Å². The van der Waals surface area contributed by atoms with E-state index in [4.69, 9.17) is 5.11 Å². The molecule has 0 aromatic carbocycles. The fraction of sp³-hybridized carbons (Fsp3) is 0.929. The monoisotopic (exact) mass is 515 g/mol. The van der Waals surface area contributed by atoms with Crippen molar-refractivity contribution in [3.05, 3.63) is 0 Å². The third-order valence-electron chi connectivity index (χ3n) is 6.57. The van der Waals surface area contributed by atoms with Crippen molar-refractivity contribution >= 4 is 11.9 Å². The Labute approximate surface area is 220 Å². The molecule has 0 radical (unpaired) electrons. The van der Waals surface area contributed by atoms with E-state index in [1.54, 1.807) is 0 Å². The van der Waals surface area contributed by atoms with Crippen LogP contribution in [0.1, 0.15) is 136 Å². The van der Waals surface area contributed by atoms with Gasteiger partial charge < -0.3 is 20.6 Å². The number of carboxylic acid groups (broad SMARTS) is 1. The maximum absolute atomic E-state index is 12.5. The Morgan fingerprint density at radius 3 is 1.69 bits per heavy atom. The second kappa shape index (κ2) is 25.4. The molecular formula is C28H57N3O5. The minimum atomic E-state index is -0.976. The summed E-state index contributed by atoms with van der Waals surface area (Å²) in [6.07, 6.45) is 17.7. The number of aliphatic hydroxyl groups is 2. The van der Waals surface area contributed by atoms with Crippen molar-refractivity contribution in [2.45, 2.75) is 154 Å². The molecule has 0 fully saturated rings. The highest BCUT2D eigenvalue weighted by molar-refractivity contribution is 5.82. The van der Waals surface area contributed by atoms with Crippen LogP contribution in [0.4, 0.5) is 0 Å². The first-order valence-corrected chi connectivity index (χ1v) is 14.8. The first-order valence-electron chi connectivity index (χ1n) is 14.8. The summed E-state index contributed by atoms with van der Waals surface area (Å²) in [5, 5.41) is 37.9. The Kier molecular flexibility index (Phi) is 24.6. The zero-order valence-corrected chi connectivity index (χ0v) is 23.2. The molecule has 214 valence electrons. The predicted octanol–water partition coefficient (Wildman–Crippen LogP) is 4.82. The minimum absolute atomic E-state index is 0.105. The third kappa shape index (κ3) is 23.2. The number of aliphatic hydroxyl groups excluding tert-OH is 2. The quantitative estimate of drug-likeness (QED) is 0.0683. The summed E-state index contributed by atoms with van der Waals surface area (Å²) in [6.45, 7) is 5.32. The molecule has 0 saturated heterocycles. The number of carbonyl (C=O) groups excluding carboxylic acids is 1. The molecule has 8 heteroatoms. The van der Waals surface area contributed by atoms with Crippen LogP contribution in [-0.2, 0) is 9.59 Å². The SMILES string of the molecule is CCCCCCCCCCCCCCCC(O)NC(CCC(=O)O)C(=O)NCCC(O)NCCCC. The molecule has 1 amide bonds. The van der Waals surface area contributed by atoms with Gasteiger partial charge in [0, 0.05) is 19.4 Å². The van der Waals surface area contributed by atoms with E-state index in [0.29, 0.717) is 12.8 Å². The molecule has 0 rings (SSSR count). The van der Waals surface area contributed by atoms with Crippen LogP contribution in [0.2, 0.25) is 0 Å². The summed E-state index contributed by atoms with van der Waals surface area (Å²) in [7, 11) is 0. The van der Waals surface area contributed by atoms with Crippen LogP contribution >= 0.6 is 0 Å². The smallest absolute Gasteiger partial charge is 0.303 e.